The Morgan fingerprint density at radius 1 is 1.38 bits per heavy atom. The molecule has 0 bridgehead atoms. The van der Waals surface area contributed by atoms with Gasteiger partial charge in [-0.1, -0.05) is 25.1 Å². The Bertz CT molecular complexity index is 344. The van der Waals surface area contributed by atoms with Crippen LogP contribution in [0.4, 0.5) is 0 Å². The van der Waals surface area contributed by atoms with E-state index in [4.69, 9.17) is 0 Å². The third-order valence-electron chi connectivity index (χ3n) is 2.25. The molecule has 13 heavy (non-hydrogen) atoms. The standard InChI is InChI=1S/C10H11NO.CH4/c1-7-3-4-8-6-11(2)10(12)9(8)5-7;/h3-5H,6H2,1-2H3;1H4. The van der Waals surface area contributed by atoms with E-state index in [2.05, 4.69) is 0 Å². The number of hydrogen-bond donors (Lipinski definition) is 0. The average Bonchev–Trinajstić information content (AvgIpc) is 2.31. The fourth-order valence-corrected chi connectivity index (χ4v) is 1.56. The highest BCUT2D eigenvalue weighted by atomic mass is 16.2. The second kappa shape index (κ2) is 3.21. The fraction of sp³-hybridized carbons (Fsp3) is 0.364. The number of carbonyl (C=O) groups is 1. The molecule has 0 fully saturated rings. The van der Waals surface area contributed by atoms with Gasteiger partial charge in [0.25, 0.3) is 5.91 Å². The molecule has 0 aliphatic carbocycles. The Kier molecular flexibility index (Phi) is 2.41. The van der Waals surface area contributed by atoms with Crippen LogP contribution in [0.1, 0.15) is 28.9 Å². The smallest absolute Gasteiger partial charge is 0.254 e. The van der Waals surface area contributed by atoms with E-state index < -0.39 is 0 Å². The quantitative estimate of drug-likeness (QED) is 0.595. The van der Waals surface area contributed by atoms with Crippen molar-refractivity contribution in [3.05, 3.63) is 34.9 Å². The molecule has 0 saturated heterocycles. The van der Waals surface area contributed by atoms with Gasteiger partial charge < -0.3 is 4.90 Å². The van der Waals surface area contributed by atoms with Crippen LogP contribution in [-0.4, -0.2) is 17.9 Å². The highest BCUT2D eigenvalue weighted by molar-refractivity contribution is 5.98. The van der Waals surface area contributed by atoms with Crippen LogP contribution in [0, 0.1) is 6.92 Å². The van der Waals surface area contributed by atoms with E-state index >= 15 is 0 Å². The summed E-state index contributed by atoms with van der Waals surface area (Å²) in [6, 6.07) is 6.04. The molecule has 0 N–H and O–H groups in total. The molecule has 0 aromatic heterocycles. The molecule has 0 saturated carbocycles. The van der Waals surface area contributed by atoms with Gasteiger partial charge in [-0.2, -0.15) is 0 Å². The topological polar surface area (TPSA) is 20.3 Å². The van der Waals surface area contributed by atoms with Gasteiger partial charge in [-0.15, -0.1) is 0 Å². The van der Waals surface area contributed by atoms with Gasteiger partial charge in [-0.05, 0) is 18.6 Å². The number of fused-ring (bicyclic) bond motifs is 1. The van der Waals surface area contributed by atoms with Crippen LogP contribution < -0.4 is 0 Å². The third-order valence-corrected chi connectivity index (χ3v) is 2.25. The summed E-state index contributed by atoms with van der Waals surface area (Å²) in [6.07, 6.45) is 0. The molecule has 0 radical (unpaired) electrons. The van der Waals surface area contributed by atoms with E-state index in [1.165, 1.54) is 0 Å². The van der Waals surface area contributed by atoms with Crippen LogP contribution in [0.3, 0.4) is 0 Å². The Balaban J connectivity index is 0.000000845. The molecule has 2 heteroatoms. The first kappa shape index (κ1) is 9.78. The van der Waals surface area contributed by atoms with Gasteiger partial charge >= 0.3 is 0 Å². The van der Waals surface area contributed by atoms with Gasteiger partial charge in [-0.3, -0.25) is 4.79 Å². The summed E-state index contributed by atoms with van der Waals surface area (Å²) in [7, 11) is 1.83. The molecule has 1 aromatic carbocycles. The van der Waals surface area contributed by atoms with E-state index in [1.807, 2.05) is 32.2 Å². The number of nitrogens with zero attached hydrogens (tertiary/aromatic N) is 1. The van der Waals surface area contributed by atoms with Crippen molar-refractivity contribution in [1.29, 1.82) is 0 Å². The molecule has 1 heterocycles. The van der Waals surface area contributed by atoms with E-state index in [0.29, 0.717) is 0 Å². The lowest BCUT2D eigenvalue weighted by Crippen LogP contribution is -2.17. The van der Waals surface area contributed by atoms with Crippen molar-refractivity contribution < 1.29 is 4.79 Å². The first-order chi connectivity index (χ1) is 5.68. The molecule has 0 atom stereocenters. The highest BCUT2D eigenvalue weighted by Gasteiger charge is 2.23. The maximum Gasteiger partial charge on any atom is 0.254 e. The van der Waals surface area contributed by atoms with E-state index in [1.54, 1.807) is 4.90 Å². The van der Waals surface area contributed by atoms with Crippen molar-refractivity contribution in [3.63, 3.8) is 0 Å². The molecular formula is C11H15NO. The van der Waals surface area contributed by atoms with Crippen molar-refractivity contribution in [2.45, 2.75) is 20.9 Å². The minimum Gasteiger partial charge on any atom is -0.337 e. The maximum absolute atomic E-state index is 11.5. The summed E-state index contributed by atoms with van der Waals surface area (Å²) in [6.45, 7) is 2.76. The summed E-state index contributed by atoms with van der Waals surface area (Å²) in [4.78, 5) is 13.2. The SMILES string of the molecule is C.Cc1ccc2c(c1)C(=O)N(C)C2. The molecule has 0 unspecified atom stereocenters. The van der Waals surface area contributed by atoms with Gasteiger partial charge in [0.2, 0.25) is 0 Å². The Hall–Kier alpha value is -1.31. The number of carbonyl (C=O) groups excluding carboxylic acids is 1. The molecular weight excluding hydrogens is 162 g/mol. The Labute approximate surface area is 79.2 Å². The second-order valence-corrected chi connectivity index (χ2v) is 3.32. The minimum atomic E-state index is 0. The van der Waals surface area contributed by atoms with Crippen LogP contribution in [0.5, 0.6) is 0 Å². The van der Waals surface area contributed by atoms with Crippen LogP contribution in [0.15, 0.2) is 18.2 Å². The summed E-state index contributed by atoms with van der Waals surface area (Å²) < 4.78 is 0. The van der Waals surface area contributed by atoms with Crippen molar-refractivity contribution in [3.8, 4) is 0 Å². The summed E-state index contributed by atoms with van der Waals surface area (Å²) in [5.41, 5.74) is 3.17. The Morgan fingerprint density at radius 2 is 2.08 bits per heavy atom. The molecule has 2 rings (SSSR count). The summed E-state index contributed by atoms with van der Waals surface area (Å²) in [5.74, 6) is 0.147. The molecule has 70 valence electrons. The van der Waals surface area contributed by atoms with Crippen molar-refractivity contribution in [1.82, 2.24) is 4.90 Å². The number of hydrogen-bond acceptors (Lipinski definition) is 1. The predicted molar refractivity (Wildman–Crippen MR) is 53.7 cm³/mol. The first-order valence-corrected chi connectivity index (χ1v) is 4.03. The van der Waals surface area contributed by atoms with Crippen LogP contribution in [0.2, 0.25) is 0 Å². The molecule has 2 nitrogen and oxygen atoms in total. The second-order valence-electron chi connectivity index (χ2n) is 3.32. The van der Waals surface area contributed by atoms with E-state index in [9.17, 15) is 4.79 Å². The monoisotopic (exact) mass is 177 g/mol. The molecule has 1 aliphatic rings. The van der Waals surface area contributed by atoms with Gasteiger partial charge in [0, 0.05) is 19.2 Å². The van der Waals surface area contributed by atoms with Gasteiger partial charge in [-0.25, -0.2) is 0 Å². The number of aryl methyl sites for hydroxylation is 1. The van der Waals surface area contributed by atoms with Crippen LogP contribution in [0.25, 0.3) is 0 Å². The highest BCUT2D eigenvalue weighted by Crippen LogP contribution is 2.21. The largest absolute Gasteiger partial charge is 0.337 e. The molecule has 1 aromatic rings. The number of benzene rings is 1. The van der Waals surface area contributed by atoms with Crippen molar-refractivity contribution in [2.24, 2.45) is 0 Å². The third kappa shape index (κ3) is 1.44. The molecule has 0 spiro atoms. The van der Waals surface area contributed by atoms with Crippen molar-refractivity contribution >= 4 is 5.91 Å². The number of rotatable bonds is 0. The average molecular weight is 177 g/mol. The summed E-state index contributed by atoms with van der Waals surface area (Å²) in [5, 5.41) is 0. The predicted octanol–water partition coefficient (Wildman–Crippen LogP) is 2.22. The van der Waals surface area contributed by atoms with E-state index in [-0.39, 0.29) is 13.3 Å². The lowest BCUT2D eigenvalue weighted by atomic mass is 10.1. The molecule has 1 amide bonds. The minimum absolute atomic E-state index is 0. The maximum atomic E-state index is 11.5. The van der Waals surface area contributed by atoms with Crippen LogP contribution in [-0.2, 0) is 6.54 Å². The Morgan fingerprint density at radius 3 is 2.77 bits per heavy atom. The van der Waals surface area contributed by atoms with Crippen LogP contribution >= 0.6 is 0 Å². The zero-order valence-electron chi connectivity index (χ0n) is 7.29. The lowest BCUT2D eigenvalue weighted by molar-refractivity contribution is 0.0816. The normalized spacial score (nSPS) is 14.0. The van der Waals surface area contributed by atoms with Gasteiger partial charge in [0.05, 0.1) is 0 Å². The van der Waals surface area contributed by atoms with Gasteiger partial charge in [0.1, 0.15) is 0 Å². The van der Waals surface area contributed by atoms with Gasteiger partial charge in [0.15, 0.2) is 0 Å². The zero-order chi connectivity index (χ0) is 8.72. The van der Waals surface area contributed by atoms with Crippen molar-refractivity contribution in [2.75, 3.05) is 7.05 Å². The summed E-state index contributed by atoms with van der Waals surface area (Å²) >= 11 is 0. The molecule has 1 aliphatic heterocycles. The number of amides is 1. The first-order valence-electron chi connectivity index (χ1n) is 4.03. The fourth-order valence-electron chi connectivity index (χ4n) is 1.56. The zero-order valence-corrected chi connectivity index (χ0v) is 7.29. The van der Waals surface area contributed by atoms with E-state index in [0.717, 1.165) is 23.2 Å². The lowest BCUT2D eigenvalue weighted by Gasteiger charge is -2.04.